The summed E-state index contributed by atoms with van der Waals surface area (Å²) in [4.78, 5) is 22.9. The Bertz CT molecular complexity index is 489. The molecular weight excluding hydrogens is 260 g/mol. The van der Waals surface area contributed by atoms with Gasteiger partial charge in [0.05, 0.1) is 6.61 Å². The molecule has 19 heavy (non-hydrogen) atoms. The minimum absolute atomic E-state index is 0.0957. The largest absolute Gasteiger partial charge is 0.461 e. The fraction of sp³-hybridized carbons (Fsp3) is 0.545. The number of carbonyl (C=O) groups is 2. The molecule has 1 aliphatic carbocycles. The van der Waals surface area contributed by atoms with Gasteiger partial charge in [0.2, 0.25) is 12.3 Å². The van der Waals surface area contributed by atoms with Crippen LogP contribution in [-0.4, -0.2) is 35.1 Å². The number of anilines is 1. The van der Waals surface area contributed by atoms with Crippen LogP contribution < -0.4 is 5.32 Å². The van der Waals surface area contributed by atoms with Gasteiger partial charge < -0.3 is 10.1 Å². The van der Waals surface area contributed by atoms with Crippen LogP contribution >= 0.6 is 0 Å². The molecule has 2 N–H and O–H groups in total. The molecule has 0 saturated heterocycles. The molecule has 1 fully saturated rings. The number of hydrogen-bond donors (Lipinski definition) is 2. The van der Waals surface area contributed by atoms with Crippen LogP contribution in [0.25, 0.3) is 0 Å². The fourth-order valence-corrected chi connectivity index (χ4v) is 1.71. The lowest BCUT2D eigenvalue weighted by atomic mass is 10.3. The lowest BCUT2D eigenvalue weighted by Crippen LogP contribution is -2.16. The van der Waals surface area contributed by atoms with Crippen LogP contribution in [0.15, 0.2) is 6.07 Å². The zero-order valence-electron chi connectivity index (χ0n) is 10.2. The predicted molar refractivity (Wildman–Crippen MR) is 60.8 cm³/mol. The van der Waals surface area contributed by atoms with Crippen molar-refractivity contribution in [2.24, 2.45) is 11.8 Å². The van der Waals surface area contributed by atoms with E-state index in [1.807, 2.05) is 0 Å². The molecule has 1 aromatic rings. The molecule has 2 rings (SSSR count). The minimum Gasteiger partial charge on any atom is -0.461 e. The van der Waals surface area contributed by atoms with Crippen molar-refractivity contribution in [2.45, 2.75) is 19.8 Å². The normalized spacial score (nSPS) is 21.3. The Morgan fingerprint density at radius 3 is 2.95 bits per heavy atom. The first-order chi connectivity index (χ1) is 9.02. The van der Waals surface area contributed by atoms with Gasteiger partial charge in [0.1, 0.15) is 5.69 Å². The van der Waals surface area contributed by atoms with Gasteiger partial charge in [-0.2, -0.15) is 5.10 Å². The van der Waals surface area contributed by atoms with Gasteiger partial charge in [-0.1, -0.05) is 0 Å². The maximum atomic E-state index is 12.3. The first-order valence-corrected chi connectivity index (χ1v) is 5.84. The van der Waals surface area contributed by atoms with Gasteiger partial charge in [0, 0.05) is 17.9 Å². The van der Waals surface area contributed by atoms with E-state index in [-0.39, 0.29) is 24.5 Å². The summed E-state index contributed by atoms with van der Waals surface area (Å²) in [7, 11) is 0. The number of H-pyrrole nitrogens is 1. The number of carbonyl (C=O) groups excluding carboxylic acids is 2. The maximum Gasteiger partial charge on any atom is 0.356 e. The molecule has 8 heteroatoms. The van der Waals surface area contributed by atoms with E-state index in [4.69, 9.17) is 4.74 Å². The first-order valence-electron chi connectivity index (χ1n) is 5.84. The highest BCUT2D eigenvalue weighted by atomic mass is 19.3. The van der Waals surface area contributed by atoms with Crippen LogP contribution in [0.4, 0.5) is 14.6 Å². The van der Waals surface area contributed by atoms with E-state index < -0.39 is 30.1 Å². The van der Waals surface area contributed by atoms with Crippen LogP contribution in [0, 0.1) is 11.8 Å². The Morgan fingerprint density at radius 1 is 1.63 bits per heavy atom. The van der Waals surface area contributed by atoms with E-state index in [0.29, 0.717) is 0 Å². The standard InChI is InChI=1S/C11H13F2N3O3/c1-2-19-11(18)7-4-8(16-15-7)14-10(17)6-3-5(6)9(12)13/h4-6,9H,2-3H2,1H3,(H2,14,15,16,17)/t5-,6-/m0/s1. The number of aromatic nitrogens is 2. The molecule has 2 atom stereocenters. The lowest BCUT2D eigenvalue weighted by molar-refractivity contribution is -0.118. The smallest absolute Gasteiger partial charge is 0.356 e. The zero-order valence-corrected chi connectivity index (χ0v) is 10.2. The number of nitrogens with zero attached hydrogens (tertiary/aromatic N) is 1. The number of alkyl halides is 2. The third-order valence-corrected chi connectivity index (χ3v) is 2.82. The molecule has 1 saturated carbocycles. The quantitative estimate of drug-likeness (QED) is 0.795. The number of aromatic amines is 1. The fourth-order valence-electron chi connectivity index (χ4n) is 1.71. The van der Waals surface area contributed by atoms with E-state index in [1.54, 1.807) is 6.92 Å². The number of amides is 1. The summed E-state index contributed by atoms with van der Waals surface area (Å²) in [6, 6.07) is 1.30. The van der Waals surface area contributed by atoms with E-state index in [0.717, 1.165) is 0 Å². The zero-order chi connectivity index (χ0) is 14.0. The summed E-state index contributed by atoms with van der Waals surface area (Å²) < 4.78 is 29.3. The molecule has 0 aliphatic heterocycles. The van der Waals surface area contributed by atoms with Crippen molar-refractivity contribution in [3.05, 3.63) is 11.8 Å². The third-order valence-electron chi connectivity index (χ3n) is 2.82. The van der Waals surface area contributed by atoms with Crippen molar-refractivity contribution >= 4 is 17.7 Å². The van der Waals surface area contributed by atoms with Crippen molar-refractivity contribution in [1.82, 2.24) is 10.2 Å². The average Bonchev–Trinajstić information content (AvgIpc) is 3.04. The van der Waals surface area contributed by atoms with Crippen molar-refractivity contribution in [3.8, 4) is 0 Å². The summed E-state index contributed by atoms with van der Waals surface area (Å²) in [6.07, 6.45) is -2.30. The summed E-state index contributed by atoms with van der Waals surface area (Å²) >= 11 is 0. The molecule has 104 valence electrons. The Balaban J connectivity index is 1.90. The molecule has 1 amide bonds. The number of halogens is 2. The van der Waals surface area contributed by atoms with Crippen LogP contribution in [0.3, 0.4) is 0 Å². The minimum atomic E-state index is -2.48. The van der Waals surface area contributed by atoms with Gasteiger partial charge in [0.15, 0.2) is 5.82 Å². The Hall–Kier alpha value is -1.99. The van der Waals surface area contributed by atoms with Crippen molar-refractivity contribution in [3.63, 3.8) is 0 Å². The van der Waals surface area contributed by atoms with Gasteiger partial charge in [-0.15, -0.1) is 0 Å². The summed E-state index contributed by atoms with van der Waals surface area (Å²) in [5.41, 5.74) is 0.0957. The molecule has 0 radical (unpaired) electrons. The predicted octanol–water partition coefficient (Wildman–Crippen LogP) is 1.43. The van der Waals surface area contributed by atoms with Gasteiger partial charge >= 0.3 is 5.97 Å². The Morgan fingerprint density at radius 2 is 2.37 bits per heavy atom. The summed E-state index contributed by atoms with van der Waals surface area (Å²) in [5.74, 6) is -2.53. The number of ether oxygens (including phenoxy) is 1. The van der Waals surface area contributed by atoms with Gasteiger partial charge in [-0.25, -0.2) is 13.6 Å². The van der Waals surface area contributed by atoms with Gasteiger partial charge in [0.25, 0.3) is 0 Å². The Kier molecular flexibility index (Phi) is 3.77. The SMILES string of the molecule is CCOC(=O)c1cc(NC(=O)[C@H]2C[C@@H]2C(F)F)n[nH]1. The van der Waals surface area contributed by atoms with Crippen LogP contribution in [0.2, 0.25) is 0 Å². The molecule has 0 aromatic carbocycles. The number of rotatable bonds is 5. The highest BCUT2D eigenvalue weighted by Crippen LogP contribution is 2.43. The van der Waals surface area contributed by atoms with Crippen LogP contribution in [0.5, 0.6) is 0 Å². The number of esters is 1. The second-order valence-electron chi connectivity index (χ2n) is 4.22. The second kappa shape index (κ2) is 5.33. The average molecular weight is 273 g/mol. The van der Waals surface area contributed by atoms with Crippen LogP contribution in [0.1, 0.15) is 23.8 Å². The van der Waals surface area contributed by atoms with Gasteiger partial charge in [-0.3, -0.25) is 9.89 Å². The first kappa shape index (κ1) is 13.4. The molecule has 1 aliphatic rings. The number of hydrogen-bond acceptors (Lipinski definition) is 4. The van der Waals surface area contributed by atoms with Crippen LogP contribution in [-0.2, 0) is 9.53 Å². The van der Waals surface area contributed by atoms with Crippen molar-refractivity contribution in [1.29, 1.82) is 0 Å². The highest BCUT2D eigenvalue weighted by Gasteiger charge is 2.48. The van der Waals surface area contributed by atoms with Crippen molar-refractivity contribution in [2.75, 3.05) is 11.9 Å². The third kappa shape index (κ3) is 3.07. The summed E-state index contributed by atoms with van der Waals surface area (Å²) in [6.45, 7) is 1.88. The maximum absolute atomic E-state index is 12.3. The second-order valence-corrected chi connectivity index (χ2v) is 4.22. The Labute approximate surface area is 107 Å². The van der Waals surface area contributed by atoms with E-state index in [9.17, 15) is 18.4 Å². The molecule has 1 aromatic heterocycles. The van der Waals surface area contributed by atoms with Gasteiger partial charge in [-0.05, 0) is 13.3 Å². The number of nitrogens with one attached hydrogen (secondary N) is 2. The molecule has 0 bridgehead atoms. The molecule has 6 nitrogen and oxygen atoms in total. The molecule has 0 spiro atoms. The topological polar surface area (TPSA) is 84.1 Å². The molecular formula is C11H13F2N3O3. The monoisotopic (exact) mass is 273 g/mol. The summed E-state index contributed by atoms with van der Waals surface area (Å²) in [5, 5.41) is 8.48. The molecule has 1 heterocycles. The van der Waals surface area contributed by atoms with E-state index in [2.05, 4.69) is 15.5 Å². The van der Waals surface area contributed by atoms with E-state index in [1.165, 1.54) is 6.07 Å². The van der Waals surface area contributed by atoms with E-state index >= 15 is 0 Å². The van der Waals surface area contributed by atoms with Crippen molar-refractivity contribution < 1.29 is 23.1 Å². The lowest BCUT2D eigenvalue weighted by Gasteiger charge is -2.00. The molecule has 0 unspecified atom stereocenters. The highest BCUT2D eigenvalue weighted by molar-refractivity contribution is 5.95.